The summed E-state index contributed by atoms with van der Waals surface area (Å²) in [7, 11) is 1.49. The zero-order chi connectivity index (χ0) is 20.3. The van der Waals surface area contributed by atoms with Crippen molar-refractivity contribution in [3.63, 3.8) is 0 Å². The Kier molecular flexibility index (Phi) is 5.89. The minimum atomic E-state index is -4.45. The van der Waals surface area contributed by atoms with Crippen molar-refractivity contribution in [2.75, 3.05) is 12.8 Å². The first-order valence-corrected chi connectivity index (χ1v) is 9.16. The number of nitrogens with zero attached hydrogens (tertiary/aromatic N) is 3. The van der Waals surface area contributed by atoms with Gasteiger partial charge in [-0.15, -0.1) is 0 Å². The van der Waals surface area contributed by atoms with Crippen LogP contribution in [0.1, 0.15) is 34.8 Å². The first-order valence-electron chi connectivity index (χ1n) is 8.17. The van der Waals surface area contributed by atoms with Crippen molar-refractivity contribution >= 4 is 23.5 Å². The molecule has 0 spiro atoms. The topological polar surface area (TPSA) is 113 Å². The number of aromatic nitrogens is 2. The second kappa shape index (κ2) is 8.19. The quantitative estimate of drug-likeness (QED) is 0.297. The van der Waals surface area contributed by atoms with Crippen LogP contribution in [0.3, 0.4) is 0 Å². The highest BCUT2D eigenvalue weighted by atomic mass is 32.2. The Morgan fingerprint density at radius 2 is 2.21 bits per heavy atom. The van der Waals surface area contributed by atoms with E-state index in [0.29, 0.717) is 18.4 Å². The number of aryl methyl sites for hydroxylation is 1. The number of hydrogen-bond acceptors (Lipinski definition) is 7. The van der Waals surface area contributed by atoms with Gasteiger partial charge in [0.05, 0.1) is 17.4 Å². The number of carbonyl (C=O) groups is 1. The van der Waals surface area contributed by atoms with E-state index in [1.807, 2.05) is 5.48 Å². The Morgan fingerprint density at radius 1 is 1.43 bits per heavy atom. The number of thioether (sulfide) groups is 1. The number of halogens is 3. The molecule has 1 aromatic heterocycles. The highest BCUT2D eigenvalue weighted by Crippen LogP contribution is 2.39. The number of hydroxylamine groups is 1. The number of nitrogens with one attached hydrogen (secondary N) is 2. The van der Waals surface area contributed by atoms with E-state index in [9.17, 15) is 23.2 Å². The van der Waals surface area contributed by atoms with E-state index < -0.39 is 17.8 Å². The molecule has 8 nitrogen and oxygen atoms in total. The molecule has 0 saturated carbocycles. The number of amides is 1. The third-order valence-electron chi connectivity index (χ3n) is 4.21. The van der Waals surface area contributed by atoms with Gasteiger partial charge in [-0.2, -0.15) is 13.2 Å². The standard InChI is InChI=1S/C16H16F3N5O3S/c1-20-12(25)7-28-15-13(23-27-24-15)14(22-26)21-11-5-3-8-2-4-9(6-10(8)11)16(17,18)19/h2,4,6,11,26H,3,5,7H2,1H3,(H,20,25)(H,21,22). The highest BCUT2D eigenvalue weighted by Gasteiger charge is 2.33. The maximum absolute atomic E-state index is 13.0. The van der Waals surface area contributed by atoms with Crippen molar-refractivity contribution in [3.05, 3.63) is 40.6 Å². The van der Waals surface area contributed by atoms with Gasteiger partial charge in [-0.25, -0.2) is 4.63 Å². The molecule has 1 aliphatic carbocycles. The average Bonchev–Trinajstić information content (AvgIpc) is 3.29. The van der Waals surface area contributed by atoms with Crippen LogP contribution in [-0.4, -0.2) is 40.1 Å². The molecule has 1 aromatic carbocycles. The number of benzene rings is 1. The van der Waals surface area contributed by atoms with E-state index in [1.165, 1.54) is 13.1 Å². The Balaban J connectivity index is 1.88. The number of carbonyl (C=O) groups excluding carboxylic acids is 1. The van der Waals surface area contributed by atoms with Crippen LogP contribution in [-0.2, 0) is 17.4 Å². The molecule has 0 bridgehead atoms. The molecule has 28 heavy (non-hydrogen) atoms. The molecule has 150 valence electrons. The average molecular weight is 415 g/mol. The van der Waals surface area contributed by atoms with Crippen LogP contribution in [0, 0.1) is 0 Å². The van der Waals surface area contributed by atoms with E-state index in [0.717, 1.165) is 29.5 Å². The van der Waals surface area contributed by atoms with E-state index in [-0.39, 0.29) is 28.2 Å². The monoisotopic (exact) mass is 415 g/mol. The Bertz CT molecular complexity index is 900. The largest absolute Gasteiger partial charge is 0.416 e. The molecule has 1 heterocycles. The fourth-order valence-electron chi connectivity index (χ4n) is 2.82. The summed E-state index contributed by atoms with van der Waals surface area (Å²) in [6.07, 6.45) is -3.41. The van der Waals surface area contributed by atoms with Crippen molar-refractivity contribution in [2.24, 2.45) is 4.99 Å². The predicted octanol–water partition coefficient (Wildman–Crippen LogP) is 2.34. The summed E-state index contributed by atoms with van der Waals surface area (Å²) in [5.41, 5.74) is 2.43. The van der Waals surface area contributed by atoms with Crippen molar-refractivity contribution in [1.82, 2.24) is 21.1 Å². The second-order valence-electron chi connectivity index (χ2n) is 5.94. The minimum absolute atomic E-state index is 0.0393. The van der Waals surface area contributed by atoms with Crippen LogP contribution in [0.25, 0.3) is 0 Å². The first-order chi connectivity index (χ1) is 13.3. The fourth-order valence-corrected chi connectivity index (χ4v) is 3.58. The zero-order valence-electron chi connectivity index (χ0n) is 14.6. The van der Waals surface area contributed by atoms with Gasteiger partial charge in [-0.1, -0.05) is 17.8 Å². The fraction of sp³-hybridized carbons (Fsp3) is 0.375. The predicted molar refractivity (Wildman–Crippen MR) is 93.1 cm³/mol. The van der Waals surface area contributed by atoms with E-state index in [2.05, 4.69) is 25.3 Å². The first kappa shape index (κ1) is 20.1. The normalized spacial score (nSPS) is 16.8. The van der Waals surface area contributed by atoms with Crippen molar-refractivity contribution in [2.45, 2.75) is 30.1 Å². The lowest BCUT2D eigenvalue weighted by Crippen LogP contribution is -2.23. The summed E-state index contributed by atoms with van der Waals surface area (Å²) >= 11 is 1.02. The molecule has 1 atom stereocenters. The van der Waals surface area contributed by atoms with Crippen LogP contribution in [0.5, 0.6) is 0 Å². The number of rotatable bonds is 5. The lowest BCUT2D eigenvalue weighted by Gasteiger charge is -2.12. The van der Waals surface area contributed by atoms with Gasteiger partial charge in [-0.3, -0.25) is 20.5 Å². The van der Waals surface area contributed by atoms with E-state index in [4.69, 9.17) is 0 Å². The minimum Gasteiger partial charge on any atom is -0.358 e. The lowest BCUT2D eigenvalue weighted by molar-refractivity contribution is -0.137. The molecule has 0 radical (unpaired) electrons. The smallest absolute Gasteiger partial charge is 0.358 e. The van der Waals surface area contributed by atoms with Crippen LogP contribution in [0.4, 0.5) is 13.2 Å². The van der Waals surface area contributed by atoms with Gasteiger partial charge in [0.1, 0.15) is 0 Å². The molecule has 12 heteroatoms. The molecule has 1 unspecified atom stereocenters. The SMILES string of the molecule is CNC(=O)CSc1nonc1C(=NC1CCc2ccc(C(F)(F)F)cc21)NO. The van der Waals surface area contributed by atoms with Gasteiger partial charge in [0.25, 0.3) is 0 Å². The third kappa shape index (κ3) is 4.28. The Hall–Kier alpha value is -2.60. The van der Waals surface area contributed by atoms with Crippen molar-refractivity contribution in [1.29, 1.82) is 0 Å². The van der Waals surface area contributed by atoms with Crippen LogP contribution in [0.2, 0.25) is 0 Å². The number of alkyl halides is 3. The van der Waals surface area contributed by atoms with Crippen molar-refractivity contribution < 1.29 is 27.8 Å². The molecule has 0 fully saturated rings. The molecular formula is C16H16F3N5O3S. The molecule has 1 aliphatic rings. The van der Waals surface area contributed by atoms with Gasteiger partial charge in [-0.05, 0) is 46.4 Å². The Labute approximate surface area is 161 Å². The maximum Gasteiger partial charge on any atom is 0.416 e. The van der Waals surface area contributed by atoms with Gasteiger partial charge in [0.15, 0.2) is 16.6 Å². The lowest BCUT2D eigenvalue weighted by atomic mass is 10.0. The van der Waals surface area contributed by atoms with Gasteiger partial charge in [0.2, 0.25) is 5.91 Å². The van der Waals surface area contributed by atoms with E-state index in [1.54, 1.807) is 0 Å². The summed E-state index contributed by atoms with van der Waals surface area (Å²) in [5, 5.41) is 19.5. The Morgan fingerprint density at radius 3 is 2.89 bits per heavy atom. The summed E-state index contributed by atoms with van der Waals surface area (Å²) in [4.78, 5) is 15.7. The molecule has 3 N–H and O–H groups in total. The summed E-state index contributed by atoms with van der Waals surface area (Å²) in [5.74, 6) is -0.313. The molecule has 0 saturated heterocycles. The summed E-state index contributed by atoms with van der Waals surface area (Å²) < 4.78 is 43.7. The van der Waals surface area contributed by atoms with Crippen molar-refractivity contribution in [3.8, 4) is 0 Å². The maximum atomic E-state index is 13.0. The molecule has 3 rings (SSSR count). The molecule has 1 amide bonds. The summed E-state index contributed by atoms with van der Waals surface area (Å²) in [6.45, 7) is 0. The molecular weight excluding hydrogens is 399 g/mol. The zero-order valence-corrected chi connectivity index (χ0v) is 15.4. The van der Waals surface area contributed by atoms with Crippen LogP contribution in [0.15, 0.2) is 32.8 Å². The van der Waals surface area contributed by atoms with E-state index >= 15 is 0 Å². The second-order valence-corrected chi connectivity index (χ2v) is 6.90. The molecule has 0 aliphatic heterocycles. The third-order valence-corrected chi connectivity index (χ3v) is 5.16. The van der Waals surface area contributed by atoms with Gasteiger partial charge >= 0.3 is 6.18 Å². The summed E-state index contributed by atoms with van der Waals surface area (Å²) in [6, 6.07) is 2.97. The number of fused-ring (bicyclic) bond motifs is 1. The number of hydrogen-bond donors (Lipinski definition) is 3. The molecule has 2 aromatic rings. The number of aliphatic imine (C=N–C) groups is 1. The van der Waals surface area contributed by atoms with Gasteiger partial charge in [0, 0.05) is 7.05 Å². The highest BCUT2D eigenvalue weighted by molar-refractivity contribution is 8.00. The number of amidine groups is 1. The van der Waals surface area contributed by atoms with Crippen LogP contribution < -0.4 is 10.8 Å². The van der Waals surface area contributed by atoms with Crippen LogP contribution >= 0.6 is 11.8 Å². The van der Waals surface area contributed by atoms with Gasteiger partial charge < -0.3 is 5.32 Å².